The highest BCUT2D eigenvalue weighted by Gasteiger charge is 2.47. The predicted molar refractivity (Wildman–Crippen MR) is 162 cm³/mol. The topological polar surface area (TPSA) is 83.5 Å². The number of benzene rings is 2. The number of nitrogens with zero attached hydrogens (tertiary/aromatic N) is 1. The van der Waals surface area contributed by atoms with Gasteiger partial charge in [0.2, 0.25) is 5.91 Å². The highest BCUT2D eigenvalue weighted by atomic mass is 28.4. The monoisotopic (exact) mass is 585 g/mol. The second-order valence-corrected chi connectivity index (χ2v) is 16.9. The molecule has 41 heavy (non-hydrogen) atoms. The van der Waals surface area contributed by atoms with E-state index in [2.05, 4.69) is 41.5 Å². The molecule has 3 rings (SSSR count). The van der Waals surface area contributed by atoms with E-state index in [1.54, 1.807) is 7.11 Å². The standard InChI is InChI=1S/C32H47NO7Si/c1-23(2)41(24(3)4,25(5)6)40-29-15-13-27(14-16-29)30(21-38-22-37-18-17-36-7)31(34)33-28(20-39-32(33)35)19-26-11-9-8-10-12-26/h8-16,23-25,28,30H,17-22H2,1-7H3/t28-,30-/m1/s1. The van der Waals surface area contributed by atoms with E-state index in [0.717, 1.165) is 16.9 Å². The molecule has 0 radical (unpaired) electrons. The van der Waals surface area contributed by atoms with Crippen LogP contribution < -0.4 is 4.43 Å². The number of imide groups is 1. The summed E-state index contributed by atoms with van der Waals surface area (Å²) < 4.78 is 28.4. The van der Waals surface area contributed by atoms with Gasteiger partial charge in [-0.05, 0) is 46.3 Å². The fourth-order valence-electron chi connectivity index (χ4n) is 6.00. The quantitative estimate of drug-likeness (QED) is 0.125. The van der Waals surface area contributed by atoms with Gasteiger partial charge >= 0.3 is 6.09 Å². The summed E-state index contributed by atoms with van der Waals surface area (Å²) in [7, 11) is -0.536. The van der Waals surface area contributed by atoms with Crippen LogP contribution in [0, 0.1) is 0 Å². The SMILES string of the molecule is COCCOCOC[C@@H](C(=O)N1C(=O)OC[C@H]1Cc1ccccc1)c1ccc(O[Si](C(C)C)(C(C)C)C(C)C)cc1. The fourth-order valence-corrected chi connectivity index (χ4v) is 11.2. The first kappa shape index (κ1) is 32.8. The Bertz CT molecular complexity index is 1070. The molecule has 2 atom stereocenters. The van der Waals surface area contributed by atoms with Gasteiger partial charge in [0.1, 0.15) is 19.1 Å². The Morgan fingerprint density at radius 2 is 1.56 bits per heavy atom. The summed E-state index contributed by atoms with van der Waals surface area (Å²) >= 11 is 0. The Labute approximate surface area is 246 Å². The zero-order valence-corrected chi connectivity index (χ0v) is 26.6. The molecule has 0 aliphatic carbocycles. The molecular formula is C32H47NO7Si. The van der Waals surface area contributed by atoms with Crippen LogP contribution >= 0.6 is 0 Å². The van der Waals surface area contributed by atoms with Crippen LogP contribution in [0.15, 0.2) is 54.6 Å². The number of carbonyl (C=O) groups is 2. The molecular weight excluding hydrogens is 538 g/mol. The maximum absolute atomic E-state index is 14.0. The molecule has 2 aromatic rings. The molecule has 9 heteroatoms. The van der Waals surface area contributed by atoms with E-state index in [4.69, 9.17) is 23.4 Å². The van der Waals surface area contributed by atoms with E-state index < -0.39 is 26.4 Å². The molecule has 0 N–H and O–H groups in total. The van der Waals surface area contributed by atoms with Gasteiger partial charge in [-0.15, -0.1) is 0 Å². The van der Waals surface area contributed by atoms with E-state index in [1.165, 1.54) is 4.90 Å². The van der Waals surface area contributed by atoms with Crippen LogP contribution in [0.2, 0.25) is 16.6 Å². The molecule has 2 amide bonds. The van der Waals surface area contributed by atoms with Crippen LogP contribution in [0.4, 0.5) is 4.79 Å². The van der Waals surface area contributed by atoms with Crippen LogP contribution in [-0.2, 0) is 30.2 Å². The first-order valence-electron chi connectivity index (χ1n) is 14.6. The fraction of sp³-hybridized carbons (Fsp3) is 0.562. The van der Waals surface area contributed by atoms with Gasteiger partial charge in [0, 0.05) is 7.11 Å². The number of cyclic esters (lactones) is 1. The van der Waals surface area contributed by atoms with Gasteiger partial charge in [-0.3, -0.25) is 4.79 Å². The normalized spacial score (nSPS) is 16.5. The average molecular weight is 586 g/mol. The number of amides is 2. The number of hydrogen-bond acceptors (Lipinski definition) is 7. The number of carbonyl (C=O) groups excluding carboxylic acids is 2. The third kappa shape index (κ3) is 8.19. The van der Waals surface area contributed by atoms with Crippen molar-refractivity contribution in [1.29, 1.82) is 0 Å². The molecule has 1 saturated heterocycles. The number of hydrogen-bond donors (Lipinski definition) is 0. The lowest BCUT2D eigenvalue weighted by Crippen LogP contribution is -2.50. The lowest BCUT2D eigenvalue weighted by Gasteiger charge is -2.42. The van der Waals surface area contributed by atoms with Gasteiger partial charge in [-0.25, -0.2) is 9.69 Å². The first-order chi connectivity index (χ1) is 19.6. The number of methoxy groups -OCH3 is 1. The zero-order chi connectivity index (χ0) is 30.0. The molecule has 0 saturated carbocycles. The van der Waals surface area contributed by atoms with Crippen molar-refractivity contribution in [3.8, 4) is 5.75 Å². The maximum Gasteiger partial charge on any atom is 0.417 e. The lowest BCUT2D eigenvalue weighted by molar-refractivity contribution is -0.134. The van der Waals surface area contributed by atoms with Crippen molar-refractivity contribution in [2.24, 2.45) is 0 Å². The van der Waals surface area contributed by atoms with Crippen molar-refractivity contribution >= 4 is 20.3 Å². The van der Waals surface area contributed by atoms with E-state index in [0.29, 0.717) is 36.3 Å². The van der Waals surface area contributed by atoms with Gasteiger partial charge in [-0.1, -0.05) is 84.0 Å². The molecule has 2 aromatic carbocycles. The van der Waals surface area contributed by atoms with Crippen molar-refractivity contribution in [3.05, 3.63) is 65.7 Å². The van der Waals surface area contributed by atoms with Crippen LogP contribution in [0.25, 0.3) is 0 Å². The van der Waals surface area contributed by atoms with Crippen LogP contribution in [0.3, 0.4) is 0 Å². The molecule has 0 bridgehead atoms. The predicted octanol–water partition coefficient (Wildman–Crippen LogP) is 6.55. The first-order valence-corrected chi connectivity index (χ1v) is 16.7. The van der Waals surface area contributed by atoms with Crippen molar-refractivity contribution in [2.45, 2.75) is 76.5 Å². The summed E-state index contributed by atoms with van der Waals surface area (Å²) in [6.07, 6.45) is -0.107. The highest BCUT2D eigenvalue weighted by molar-refractivity contribution is 6.78. The minimum Gasteiger partial charge on any atom is -0.543 e. The summed E-state index contributed by atoms with van der Waals surface area (Å²) in [6, 6.07) is 17.1. The third-order valence-electron chi connectivity index (χ3n) is 7.98. The molecule has 0 aromatic heterocycles. The minimum atomic E-state index is -2.14. The van der Waals surface area contributed by atoms with Crippen molar-refractivity contribution in [2.75, 3.05) is 40.3 Å². The second-order valence-electron chi connectivity index (χ2n) is 11.6. The molecule has 226 valence electrons. The van der Waals surface area contributed by atoms with Crippen molar-refractivity contribution in [1.82, 2.24) is 4.90 Å². The Hall–Kier alpha value is -2.72. The summed E-state index contributed by atoms with van der Waals surface area (Å²) in [5, 5.41) is 0. The highest BCUT2D eigenvalue weighted by Crippen LogP contribution is 2.43. The minimum absolute atomic E-state index is 0.0114. The molecule has 0 unspecified atom stereocenters. The Morgan fingerprint density at radius 3 is 2.15 bits per heavy atom. The van der Waals surface area contributed by atoms with Crippen molar-refractivity contribution < 1.29 is 33.0 Å². The second kappa shape index (κ2) is 15.5. The molecule has 8 nitrogen and oxygen atoms in total. The number of ether oxygens (including phenoxy) is 4. The Morgan fingerprint density at radius 1 is 0.927 bits per heavy atom. The maximum atomic E-state index is 14.0. The van der Waals surface area contributed by atoms with E-state index >= 15 is 0 Å². The summed E-state index contributed by atoms with van der Waals surface area (Å²) in [5.74, 6) is -0.273. The van der Waals surface area contributed by atoms with Gasteiger partial charge < -0.3 is 23.4 Å². The molecule has 1 fully saturated rings. The molecule has 1 heterocycles. The van der Waals surface area contributed by atoms with Crippen LogP contribution in [0.1, 0.15) is 58.6 Å². The van der Waals surface area contributed by atoms with E-state index in [-0.39, 0.29) is 25.9 Å². The van der Waals surface area contributed by atoms with E-state index in [1.807, 2.05) is 54.6 Å². The zero-order valence-electron chi connectivity index (χ0n) is 25.6. The van der Waals surface area contributed by atoms with Gasteiger partial charge in [0.15, 0.2) is 0 Å². The lowest BCUT2D eigenvalue weighted by atomic mass is 9.97. The third-order valence-corrected chi connectivity index (χ3v) is 14.0. The molecule has 1 aliphatic heterocycles. The Kier molecular flexibility index (Phi) is 12.4. The Balaban J connectivity index is 1.84. The summed E-state index contributed by atoms with van der Waals surface area (Å²) in [5.41, 5.74) is 3.08. The molecule has 1 aliphatic rings. The smallest absolute Gasteiger partial charge is 0.417 e. The number of rotatable bonds is 16. The van der Waals surface area contributed by atoms with Gasteiger partial charge in [0.05, 0.1) is 31.8 Å². The van der Waals surface area contributed by atoms with Gasteiger partial charge in [0.25, 0.3) is 8.32 Å². The summed E-state index contributed by atoms with van der Waals surface area (Å²) in [6.45, 7) is 14.6. The van der Waals surface area contributed by atoms with Crippen LogP contribution in [0.5, 0.6) is 5.75 Å². The van der Waals surface area contributed by atoms with Crippen LogP contribution in [-0.4, -0.2) is 71.6 Å². The largest absolute Gasteiger partial charge is 0.543 e. The summed E-state index contributed by atoms with van der Waals surface area (Å²) in [4.78, 5) is 28.0. The van der Waals surface area contributed by atoms with E-state index in [9.17, 15) is 9.59 Å². The average Bonchev–Trinajstić information content (AvgIpc) is 3.30. The molecule has 0 spiro atoms. The van der Waals surface area contributed by atoms with Crippen molar-refractivity contribution in [3.63, 3.8) is 0 Å². The van der Waals surface area contributed by atoms with Gasteiger partial charge in [-0.2, -0.15) is 0 Å².